The van der Waals surface area contributed by atoms with Crippen LogP contribution >= 0.6 is 11.3 Å². The molecule has 18 heteroatoms. The normalized spacial score (nSPS) is 37.4. The van der Waals surface area contributed by atoms with Crippen molar-refractivity contribution in [2.24, 2.45) is 5.92 Å². The van der Waals surface area contributed by atoms with Gasteiger partial charge < -0.3 is 39.0 Å². The van der Waals surface area contributed by atoms with Crippen LogP contribution in [0.5, 0.6) is 0 Å². The number of ether oxygens (including phenoxy) is 5. The maximum atomic E-state index is 16.7. The molecule has 0 aromatic carbocycles. The predicted octanol–water partition coefficient (Wildman–Crippen LogP) is 4.00. The molecule has 3 aliphatic heterocycles. The molecule has 0 saturated carbocycles. The van der Waals surface area contributed by atoms with E-state index in [1.165, 1.54) is 18.4 Å². The number of hydrogen-bond acceptors (Lipinski definition) is 15. The summed E-state index contributed by atoms with van der Waals surface area (Å²) in [5.74, 6) is -2.57. The Hall–Kier alpha value is -3.13. The second-order valence-corrected chi connectivity index (χ2v) is 17.6. The highest BCUT2D eigenvalue weighted by atomic mass is 32.1. The van der Waals surface area contributed by atoms with E-state index in [-0.39, 0.29) is 30.5 Å². The van der Waals surface area contributed by atoms with Crippen LogP contribution in [-0.2, 0) is 39.8 Å². The molecule has 320 valence electrons. The van der Waals surface area contributed by atoms with Crippen LogP contribution in [0, 0.1) is 5.92 Å². The van der Waals surface area contributed by atoms with E-state index in [9.17, 15) is 19.5 Å². The number of halogens is 1. The Bertz CT molecular complexity index is 1670. The first kappa shape index (κ1) is 45.0. The summed E-state index contributed by atoms with van der Waals surface area (Å²) in [4.78, 5) is 49.3. The highest BCUT2D eigenvalue weighted by Gasteiger charge is 2.59. The lowest BCUT2D eigenvalue weighted by molar-refractivity contribution is -0.289. The number of aliphatic hydroxyl groups is 1. The molecule has 0 spiro atoms. The van der Waals surface area contributed by atoms with Crippen molar-refractivity contribution in [3.8, 4) is 10.7 Å². The number of carbonyl (C=O) groups is 3. The summed E-state index contributed by atoms with van der Waals surface area (Å²) in [7, 11) is 5.19. The number of rotatable bonds is 11. The quantitative estimate of drug-likeness (QED) is 0.189. The summed E-state index contributed by atoms with van der Waals surface area (Å²) >= 11 is 1.48. The number of likely N-dealkylation sites (N-methyl/N-ethyl adjacent to an activating group) is 1. The SMILES string of the molecule is CC[C@H]1OC(=O)C(C)(F)C(=O)C[C@@H](O[C@@H]2OC(C)CC(N(C)C)C2O)[C@](C)(OC)C[C@@H](C)CN[C@H](C)[C@H]2N(CCCCn3cc(-c4nccs4)nn3)C(=O)O[C@]12C. The summed E-state index contributed by atoms with van der Waals surface area (Å²) in [5.41, 5.74) is -4.99. The first-order chi connectivity index (χ1) is 26.8. The molecule has 1 amide bonds. The molecule has 0 radical (unpaired) electrons. The van der Waals surface area contributed by atoms with Gasteiger partial charge in [0.15, 0.2) is 17.7 Å². The Kier molecular flexibility index (Phi) is 14.5. The molecule has 4 unspecified atom stereocenters. The van der Waals surface area contributed by atoms with E-state index in [2.05, 4.69) is 20.6 Å². The number of aromatic nitrogens is 4. The Balaban J connectivity index is 1.39. The van der Waals surface area contributed by atoms with E-state index in [0.717, 1.165) is 11.9 Å². The zero-order chi connectivity index (χ0) is 41.9. The van der Waals surface area contributed by atoms with Crippen LogP contribution in [-0.4, -0.2) is 153 Å². The Morgan fingerprint density at radius 2 is 1.86 bits per heavy atom. The van der Waals surface area contributed by atoms with Crippen LogP contribution in [0.25, 0.3) is 10.7 Å². The molecule has 2 aromatic heterocycles. The van der Waals surface area contributed by atoms with Crippen molar-refractivity contribution in [2.45, 2.75) is 159 Å². The fraction of sp³-hybridized carbons (Fsp3) is 0.795. The molecular formula is C39H62FN7O9S. The van der Waals surface area contributed by atoms with Crippen molar-refractivity contribution < 1.29 is 47.6 Å². The number of aliphatic hydroxyl groups excluding tert-OH is 1. The Labute approximate surface area is 339 Å². The van der Waals surface area contributed by atoms with Gasteiger partial charge in [0, 0.05) is 50.3 Å². The highest BCUT2D eigenvalue weighted by molar-refractivity contribution is 7.13. The number of ketones is 1. The van der Waals surface area contributed by atoms with Crippen LogP contribution in [0.4, 0.5) is 9.18 Å². The van der Waals surface area contributed by atoms with E-state index < -0.39 is 71.8 Å². The summed E-state index contributed by atoms with van der Waals surface area (Å²) in [6, 6.07) is -1.31. The number of nitrogens with one attached hydrogen (secondary N) is 1. The third-order valence-corrected chi connectivity index (χ3v) is 12.8. The molecule has 12 atom stereocenters. The van der Waals surface area contributed by atoms with E-state index in [4.69, 9.17) is 23.7 Å². The fourth-order valence-electron chi connectivity index (χ4n) is 8.55. The molecular weight excluding hydrogens is 762 g/mol. The van der Waals surface area contributed by atoms with Crippen molar-refractivity contribution in [3.05, 3.63) is 17.8 Å². The van der Waals surface area contributed by atoms with Crippen molar-refractivity contribution in [1.29, 1.82) is 0 Å². The van der Waals surface area contributed by atoms with Gasteiger partial charge in [0.1, 0.15) is 22.9 Å². The highest BCUT2D eigenvalue weighted by Crippen LogP contribution is 2.40. The van der Waals surface area contributed by atoms with Gasteiger partial charge in [-0.3, -0.25) is 14.4 Å². The number of cyclic esters (lactones) is 1. The first-order valence-corrected chi connectivity index (χ1v) is 20.9. The average molecular weight is 824 g/mol. The number of amides is 1. The molecule has 2 aromatic rings. The molecule has 5 rings (SSSR count). The van der Waals surface area contributed by atoms with Crippen LogP contribution in [0.3, 0.4) is 0 Å². The Morgan fingerprint density at radius 3 is 2.51 bits per heavy atom. The third-order valence-electron chi connectivity index (χ3n) is 12.0. The van der Waals surface area contributed by atoms with Crippen molar-refractivity contribution in [1.82, 2.24) is 35.1 Å². The molecule has 0 aliphatic carbocycles. The number of thiazole rings is 1. The second-order valence-electron chi connectivity index (χ2n) is 16.8. The first-order valence-electron chi connectivity index (χ1n) is 20.0. The number of methoxy groups -OCH3 is 1. The van der Waals surface area contributed by atoms with Gasteiger partial charge in [-0.1, -0.05) is 19.1 Å². The lowest BCUT2D eigenvalue weighted by atomic mass is 9.83. The van der Waals surface area contributed by atoms with E-state index in [0.29, 0.717) is 51.0 Å². The lowest BCUT2D eigenvalue weighted by Crippen LogP contribution is -2.61. The molecule has 3 fully saturated rings. The minimum atomic E-state index is -3.10. The van der Waals surface area contributed by atoms with Crippen LogP contribution in [0.1, 0.15) is 87.0 Å². The van der Waals surface area contributed by atoms with Gasteiger partial charge in [0.2, 0.25) is 0 Å². The van der Waals surface area contributed by atoms with Gasteiger partial charge in [0.05, 0.1) is 30.0 Å². The number of esters is 1. The van der Waals surface area contributed by atoms with E-state index >= 15 is 4.39 Å². The van der Waals surface area contributed by atoms with Gasteiger partial charge in [-0.05, 0) is 93.3 Å². The molecule has 3 saturated heterocycles. The molecule has 3 aliphatic rings. The van der Waals surface area contributed by atoms with E-state index in [1.54, 1.807) is 36.5 Å². The summed E-state index contributed by atoms with van der Waals surface area (Å²) in [6.07, 6.45) is 0.0451. The topological polar surface area (TPSA) is 180 Å². The third kappa shape index (κ3) is 9.85. The maximum absolute atomic E-state index is 16.7. The molecule has 2 N–H and O–H groups in total. The van der Waals surface area contributed by atoms with Gasteiger partial charge >= 0.3 is 12.1 Å². The number of fused-ring (bicyclic) bond motifs is 1. The largest absolute Gasteiger partial charge is 0.455 e. The van der Waals surface area contributed by atoms with E-state index in [1.807, 2.05) is 51.3 Å². The second kappa shape index (κ2) is 18.4. The summed E-state index contributed by atoms with van der Waals surface area (Å²) in [6.45, 7) is 13.3. The van der Waals surface area contributed by atoms with Gasteiger partial charge in [-0.2, -0.15) is 0 Å². The number of hydrogen-bond donors (Lipinski definition) is 2. The van der Waals surface area contributed by atoms with Gasteiger partial charge in [-0.15, -0.1) is 16.4 Å². The maximum Gasteiger partial charge on any atom is 0.410 e. The minimum absolute atomic E-state index is 0.0966. The monoisotopic (exact) mass is 823 g/mol. The van der Waals surface area contributed by atoms with Crippen LogP contribution < -0.4 is 5.32 Å². The van der Waals surface area contributed by atoms with Crippen LogP contribution in [0.15, 0.2) is 17.8 Å². The van der Waals surface area contributed by atoms with Crippen molar-refractivity contribution >= 4 is 29.2 Å². The minimum Gasteiger partial charge on any atom is -0.455 e. The number of alkyl halides is 1. The Morgan fingerprint density at radius 1 is 1.14 bits per heavy atom. The lowest BCUT2D eigenvalue weighted by Gasteiger charge is -2.45. The molecule has 0 bridgehead atoms. The van der Waals surface area contributed by atoms with Gasteiger partial charge in [0.25, 0.3) is 5.67 Å². The molecule has 16 nitrogen and oxygen atoms in total. The van der Waals surface area contributed by atoms with Gasteiger partial charge in [-0.25, -0.2) is 19.0 Å². The zero-order valence-electron chi connectivity index (χ0n) is 35.0. The summed E-state index contributed by atoms with van der Waals surface area (Å²) in [5, 5.41) is 26.0. The molecule has 5 heterocycles. The number of aryl methyl sites for hydroxylation is 1. The standard InChI is InChI=1S/C39H62FN7O9S/c1-11-29-39(7)32(47(36(51)56-39)16-13-12-15-46-22-26(43-44-46)33-41-14-17-57-33)25(4)42-21-23(2)20-37(5,52-10)30(19-28(48)38(6,40)35(50)55-29)54-34-31(49)27(45(8)9)18-24(3)53-34/h14,17,22-25,27,29-32,34,42,49H,11-13,15-16,18-21H2,1-10H3/t23-,24?,25-,27?,29-,30-,31?,32-,34+,37-,38?,39-/m1/s1. The summed E-state index contributed by atoms with van der Waals surface area (Å²) < 4.78 is 48.9. The van der Waals surface area contributed by atoms with Crippen molar-refractivity contribution in [2.75, 3.05) is 34.3 Å². The number of carbonyl (C=O) groups excluding carboxylic acids is 3. The smallest absolute Gasteiger partial charge is 0.410 e. The predicted molar refractivity (Wildman–Crippen MR) is 209 cm³/mol. The van der Waals surface area contributed by atoms with Crippen LogP contribution in [0.2, 0.25) is 0 Å². The molecule has 57 heavy (non-hydrogen) atoms. The van der Waals surface area contributed by atoms with Crippen molar-refractivity contribution in [3.63, 3.8) is 0 Å². The zero-order valence-corrected chi connectivity index (χ0v) is 35.8. The number of nitrogens with zero attached hydrogens (tertiary/aromatic N) is 6. The average Bonchev–Trinajstić information content (AvgIpc) is 3.91. The number of Topliss-reactive ketones (excluding diaryl/α,β-unsaturated/α-hetero) is 1. The fourth-order valence-corrected chi connectivity index (χ4v) is 9.13. The number of unbranched alkanes of at least 4 members (excludes halogenated alkanes) is 1.